The zero-order valence-electron chi connectivity index (χ0n) is 17.5. The molecule has 1 aliphatic heterocycles. The van der Waals surface area contributed by atoms with E-state index in [9.17, 15) is 14.7 Å². The Morgan fingerprint density at radius 3 is 2.56 bits per heavy atom. The van der Waals surface area contributed by atoms with Crippen LogP contribution in [0.5, 0.6) is 0 Å². The van der Waals surface area contributed by atoms with E-state index in [-0.39, 0.29) is 5.39 Å². The number of halogens is 1. The SMILES string of the molecule is CN1CCN(c2cc3c(cc2F)c(=O)c(C(=O)O)cn3-c2cccc3ncccc23)CC1. The minimum absolute atomic E-state index is 0.0289. The molecular formula is C24H21FN4O3. The number of carboxylic acid groups (broad SMARTS) is 1. The molecule has 0 atom stereocenters. The summed E-state index contributed by atoms with van der Waals surface area (Å²) in [7, 11) is 2.02. The molecule has 0 aliphatic carbocycles. The van der Waals surface area contributed by atoms with Gasteiger partial charge < -0.3 is 19.5 Å². The standard InChI is InChI=1S/C24H21FN4O3/c1-27-8-10-28(11-9-27)22-13-21-16(12-18(22)25)23(30)17(24(31)32)14-29(21)20-6-2-5-19-15(20)4-3-7-26-19/h2-7,12-14H,8-11H2,1H3,(H,31,32). The van der Waals surface area contributed by atoms with Crippen LogP contribution in [-0.2, 0) is 0 Å². The third-order valence-electron chi connectivity index (χ3n) is 6.03. The van der Waals surface area contributed by atoms with Gasteiger partial charge in [-0.3, -0.25) is 9.78 Å². The van der Waals surface area contributed by atoms with Gasteiger partial charge in [-0.1, -0.05) is 6.07 Å². The lowest BCUT2D eigenvalue weighted by atomic mass is 10.1. The van der Waals surface area contributed by atoms with Crippen LogP contribution >= 0.6 is 0 Å². The first kappa shape index (κ1) is 20.1. The van der Waals surface area contributed by atoms with Crippen molar-refractivity contribution in [1.82, 2.24) is 14.5 Å². The maximum Gasteiger partial charge on any atom is 0.341 e. The molecule has 5 rings (SSSR count). The molecule has 1 fully saturated rings. The summed E-state index contributed by atoms with van der Waals surface area (Å²) >= 11 is 0. The number of piperazine rings is 1. The van der Waals surface area contributed by atoms with Crippen LogP contribution < -0.4 is 10.3 Å². The van der Waals surface area contributed by atoms with Crippen LogP contribution in [-0.4, -0.2) is 58.8 Å². The molecule has 0 unspecified atom stereocenters. The molecule has 32 heavy (non-hydrogen) atoms. The molecule has 1 aliphatic rings. The van der Waals surface area contributed by atoms with Gasteiger partial charge in [-0.05, 0) is 43.4 Å². The highest BCUT2D eigenvalue weighted by Crippen LogP contribution is 2.29. The molecule has 2 aromatic heterocycles. The first-order chi connectivity index (χ1) is 15.4. The van der Waals surface area contributed by atoms with Gasteiger partial charge >= 0.3 is 5.97 Å². The number of aromatic carboxylic acids is 1. The second-order valence-electron chi connectivity index (χ2n) is 8.01. The number of rotatable bonds is 3. The van der Waals surface area contributed by atoms with Crippen LogP contribution in [0.25, 0.3) is 27.5 Å². The first-order valence-electron chi connectivity index (χ1n) is 10.3. The number of likely N-dealkylation sites (N-methyl/N-ethyl adjacent to an activating group) is 1. The van der Waals surface area contributed by atoms with Crippen LogP contribution in [0, 0.1) is 5.82 Å². The number of pyridine rings is 2. The van der Waals surface area contributed by atoms with Crippen molar-refractivity contribution in [3.8, 4) is 5.69 Å². The van der Waals surface area contributed by atoms with Crippen LogP contribution in [0.3, 0.4) is 0 Å². The van der Waals surface area contributed by atoms with Gasteiger partial charge in [0.1, 0.15) is 11.4 Å². The zero-order valence-corrected chi connectivity index (χ0v) is 17.5. The van der Waals surface area contributed by atoms with E-state index in [0.29, 0.717) is 30.0 Å². The number of carboxylic acids is 1. The summed E-state index contributed by atoms with van der Waals surface area (Å²) in [5.41, 5.74) is 1.14. The van der Waals surface area contributed by atoms with E-state index in [1.165, 1.54) is 6.20 Å². The predicted octanol–water partition coefficient (Wildman–Crippen LogP) is 3.13. The maximum absolute atomic E-state index is 15.1. The molecule has 0 amide bonds. The Balaban J connectivity index is 1.82. The normalized spacial score (nSPS) is 14.9. The van der Waals surface area contributed by atoms with E-state index in [1.54, 1.807) is 22.9 Å². The van der Waals surface area contributed by atoms with Crippen molar-refractivity contribution in [2.45, 2.75) is 0 Å². The van der Waals surface area contributed by atoms with E-state index < -0.39 is 22.8 Å². The predicted molar refractivity (Wildman–Crippen MR) is 121 cm³/mol. The maximum atomic E-state index is 15.1. The van der Waals surface area contributed by atoms with Gasteiger partial charge in [-0.15, -0.1) is 0 Å². The van der Waals surface area contributed by atoms with E-state index in [4.69, 9.17) is 0 Å². The van der Waals surface area contributed by atoms with Gasteiger partial charge in [0.15, 0.2) is 0 Å². The monoisotopic (exact) mass is 432 g/mol. The molecule has 0 saturated carbocycles. The Morgan fingerprint density at radius 1 is 1.03 bits per heavy atom. The topological polar surface area (TPSA) is 78.7 Å². The number of aromatic nitrogens is 2. The largest absolute Gasteiger partial charge is 0.477 e. The Kier molecular flexibility index (Phi) is 4.86. The highest BCUT2D eigenvalue weighted by Gasteiger charge is 2.22. The van der Waals surface area contributed by atoms with Crippen molar-refractivity contribution in [3.63, 3.8) is 0 Å². The molecule has 1 N–H and O–H groups in total. The summed E-state index contributed by atoms with van der Waals surface area (Å²) < 4.78 is 16.8. The molecule has 1 saturated heterocycles. The summed E-state index contributed by atoms with van der Waals surface area (Å²) in [6.07, 6.45) is 3.00. The number of benzene rings is 2. The fourth-order valence-corrected chi connectivity index (χ4v) is 4.27. The average Bonchev–Trinajstić information content (AvgIpc) is 2.79. The van der Waals surface area contributed by atoms with Crippen molar-refractivity contribution < 1.29 is 14.3 Å². The Labute approximate surface area is 182 Å². The van der Waals surface area contributed by atoms with Gasteiger partial charge in [0.05, 0.1) is 22.4 Å². The summed E-state index contributed by atoms with van der Waals surface area (Å²) in [6.45, 7) is 2.93. The van der Waals surface area contributed by atoms with Gasteiger partial charge in [0, 0.05) is 49.3 Å². The van der Waals surface area contributed by atoms with Gasteiger partial charge in [-0.2, -0.15) is 0 Å². The van der Waals surface area contributed by atoms with Gasteiger partial charge in [0.2, 0.25) is 5.43 Å². The number of carbonyl (C=O) groups is 1. The quantitative estimate of drug-likeness (QED) is 0.536. The smallest absolute Gasteiger partial charge is 0.341 e. The lowest BCUT2D eigenvalue weighted by molar-refractivity contribution is 0.0695. The molecule has 7 nitrogen and oxygen atoms in total. The highest BCUT2D eigenvalue weighted by molar-refractivity contribution is 5.96. The average molecular weight is 432 g/mol. The number of anilines is 1. The van der Waals surface area contributed by atoms with Crippen LogP contribution in [0.4, 0.5) is 10.1 Å². The van der Waals surface area contributed by atoms with Crippen molar-refractivity contribution in [2.24, 2.45) is 0 Å². The van der Waals surface area contributed by atoms with Crippen LogP contribution in [0.2, 0.25) is 0 Å². The third-order valence-corrected chi connectivity index (χ3v) is 6.03. The second kappa shape index (κ2) is 7.72. The van der Waals surface area contributed by atoms with E-state index in [1.807, 2.05) is 36.2 Å². The molecule has 8 heteroatoms. The zero-order chi connectivity index (χ0) is 22.4. The second-order valence-corrected chi connectivity index (χ2v) is 8.01. The number of hydrogen-bond donors (Lipinski definition) is 1. The number of hydrogen-bond acceptors (Lipinski definition) is 5. The van der Waals surface area contributed by atoms with Crippen LogP contribution in [0.1, 0.15) is 10.4 Å². The first-order valence-corrected chi connectivity index (χ1v) is 10.3. The fourth-order valence-electron chi connectivity index (χ4n) is 4.27. The van der Waals surface area contributed by atoms with E-state index >= 15 is 4.39 Å². The van der Waals surface area contributed by atoms with E-state index in [2.05, 4.69) is 9.88 Å². The van der Waals surface area contributed by atoms with E-state index in [0.717, 1.165) is 30.1 Å². The molecule has 2 aromatic carbocycles. The van der Waals surface area contributed by atoms with Gasteiger partial charge in [-0.25, -0.2) is 9.18 Å². The number of fused-ring (bicyclic) bond motifs is 2. The molecule has 0 spiro atoms. The summed E-state index contributed by atoms with van der Waals surface area (Å²) in [5.74, 6) is -1.89. The molecule has 0 bridgehead atoms. The van der Waals surface area contributed by atoms with Crippen molar-refractivity contribution in [2.75, 3.05) is 38.1 Å². The Hall–Kier alpha value is -3.78. The Bertz CT molecular complexity index is 1420. The molecule has 4 aromatic rings. The molecule has 3 heterocycles. The lowest BCUT2D eigenvalue weighted by Gasteiger charge is -2.34. The minimum Gasteiger partial charge on any atom is -0.477 e. The molecule has 0 radical (unpaired) electrons. The van der Waals surface area contributed by atoms with Crippen molar-refractivity contribution >= 4 is 33.5 Å². The molecule has 162 valence electrons. The van der Waals surface area contributed by atoms with Gasteiger partial charge in [0.25, 0.3) is 0 Å². The summed E-state index contributed by atoms with van der Waals surface area (Å²) in [5, 5.41) is 10.5. The van der Waals surface area contributed by atoms with Crippen LogP contribution in [0.15, 0.2) is 59.7 Å². The summed E-state index contributed by atoms with van der Waals surface area (Å²) in [6, 6.07) is 12.0. The molecular weight excluding hydrogens is 411 g/mol. The highest BCUT2D eigenvalue weighted by atomic mass is 19.1. The van der Waals surface area contributed by atoms with Crippen molar-refractivity contribution in [1.29, 1.82) is 0 Å². The van der Waals surface area contributed by atoms with Crippen molar-refractivity contribution in [3.05, 3.63) is 76.5 Å². The minimum atomic E-state index is -1.35. The fraction of sp³-hybridized carbons (Fsp3) is 0.208. The summed E-state index contributed by atoms with van der Waals surface area (Å²) in [4.78, 5) is 33.2. The number of nitrogens with zero attached hydrogens (tertiary/aromatic N) is 4. The lowest BCUT2D eigenvalue weighted by Crippen LogP contribution is -2.44. The Morgan fingerprint density at radius 2 is 1.81 bits per heavy atom. The third kappa shape index (κ3) is 3.29.